The average Bonchev–Trinajstić information content (AvgIpc) is 2.41. The third-order valence-corrected chi connectivity index (χ3v) is 3.99. The van der Waals surface area contributed by atoms with E-state index in [1.807, 2.05) is 30.4 Å². The Balaban J connectivity index is 1.99. The van der Waals surface area contributed by atoms with Crippen LogP contribution in [0.4, 0.5) is 0 Å². The first-order valence-electron chi connectivity index (χ1n) is 7.13. The number of rotatable bonds is 3. The van der Waals surface area contributed by atoms with Crippen LogP contribution in [-0.4, -0.2) is 17.2 Å². The number of hydrogen-bond acceptors (Lipinski definition) is 2. The van der Waals surface area contributed by atoms with Crippen molar-refractivity contribution in [1.82, 2.24) is 0 Å². The topological polar surface area (TPSA) is 46.5 Å². The number of aliphatic carboxylic acids is 1. The molecule has 1 heterocycles. The van der Waals surface area contributed by atoms with Crippen LogP contribution in [0.15, 0.2) is 29.8 Å². The number of allylic oxidation sites excluding steroid dienone is 1. The van der Waals surface area contributed by atoms with Crippen molar-refractivity contribution < 1.29 is 14.6 Å². The molecule has 1 atom stereocenters. The lowest BCUT2D eigenvalue weighted by Crippen LogP contribution is -2.16. The van der Waals surface area contributed by atoms with Crippen LogP contribution in [0.1, 0.15) is 43.7 Å². The predicted molar refractivity (Wildman–Crippen MR) is 78.6 cm³/mol. The van der Waals surface area contributed by atoms with E-state index < -0.39 is 5.97 Å². The van der Waals surface area contributed by atoms with Crippen LogP contribution in [0, 0.1) is 0 Å². The highest BCUT2D eigenvalue weighted by atomic mass is 16.5. The molecule has 1 aliphatic heterocycles. The van der Waals surface area contributed by atoms with Gasteiger partial charge in [-0.3, -0.25) is 0 Å². The normalized spacial score (nSPS) is 19.9. The fourth-order valence-electron chi connectivity index (χ4n) is 2.66. The van der Waals surface area contributed by atoms with Gasteiger partial charge in [-0.25, -0.2) is 4.79 Å². The van der Waals surface area contributed by atoms with Crippen molar-refractivity contribution >= 4 is 17.6 Å². The van der Waals surface area contributed by atoms with Gasteiger partial charge in [0.05, 0.1) is 5.57 Å². The van der Waals surface area contributed by atoms with Crippen LogP contribution in [0.25, 0.3) is 11.6 Å². The first-order chi connectivity index (χ1) is 9.69. The molecule has 104 valence electrons. The number of fused-ring (bicyclic) bond motifs is 1. The third kappa shape index (κ3) is 2.24. The van der Waals surface area contributed by atoms with Gasteiger partial charge in [0.1, 0.15) is 11.9 Å². The molecule has 0 bridgehead atoms. The number of benzene rings is 1. The van der Waals surface area contributed by atoms with Crippen molar-refractivity contribution in [1.29, 1.82) is 0 Å². The van der Waals surface area contributed by atoms with E-state index in [9.17, 15) is 9.90 Å². The van der Waals surface area contributed by atoms with E-state index in [1.165, 1.54) is 0 Å². The fourth-order valence-corrected chi connectivity index (χ4v) is 2.66. The van der Waals surface area contributed by atoms with E-state index >= 15 is 0 Å². The van der Waals surface area contributed by atoms with Crippen LogP contribution in [0.5, 0.6) is 5.75 Å². The molecule has 20 heavy (non-hydrogen) atoms. The fraction of sp³-hybridized carbons (Fsp3) is 0.353. The van der Waals surface area contributed by atoms with Gasteiger partial charge in [-0.2, -0.15) is 0 Å². The summed E-state index contributed by atoms with van der Waals surface area (Å²) in [6, 6.07) is 5.67. The molecular formula is C17H18O3. The SMILES string of the molecule is CC[C@@H]1C=Cc2cc(C(C(=O)O)=C3CCC3)ccc2O1. The average molecular weight is 270 g/mol. The van der Waals surface area contributed by atoms with Gasteiger partial charge >= 0.3 is 5.97 Å². The van der Waals surface area contributed by atoms with Crippen molar-refractivity contribution in [3.63, 3.8) is 0 Å². The van der Waals surface area contributed by atoms with Gasteiger partial charge in [-0.1, -0.05) is 24.6 Å². The van der Waals surface area contributed by atoms with E-state index in [-0.39, 0.29) is 6.10 Å². The lowest BCUT2D eigenvalue weighted by Gasteiger charge is -2.23. The number of carbonyl (C=O) groups is 1. The summed E-state index contributed by atoms with van der Waals surface area (Å²) in [4.78, 5) is 11.5. The molecule has 1 fully saturated rings. The molecule has 2 aliphatic rings. The first-order valence-corrected chi connectivity index (χ1v) is 7.13. The second kappa shape index (κ2) is 5.16. The Bertz CT molecular complexity index is 605. The van der Waals surface area contributed by atoms with Crippen LogP contribution in [-0.2, 0) is 4.79 Å². The molecule has 3 rings (SSSR count). The van der Waals surface area contributed by atoms with Gasteiger partial charge in [0, 0.05) is 5.56 Å². The lowest BCUT2D eigenvalue weighted by molar-refractivity contribution is -0.130. The van der Waals surface area contributed by atoms with Gasteiger partial charge in [0.25, 0.3) is 0 Å². The number of ether oxygens (including phenoxy) is 1. The Morgan fingerprint density at radius 3 is 2.80 bits per heavy atom. The van der Waals surface area contributed by atoms with Crippen molar-refractivity contribution in [3.8, 4) is 5.75 Å². The number of hydrogen-bond donors (Lipinski definition) is 1. The molecule has 0 saturated heterocycles. The monoisotopic (exact) mass is 270 g/mol. The largest absolute Gasteiger partial charge is 0.486 e. The van der Waals surface area contributed by atoms with Crippen molar-refractivity contribution in [2.24, 2.45) is 0 Å². The molecule has 3 nitrogen and oxygen atoms in total. The Morgan fingerprint density at radius 1 is 1.40 bits per heavy atom. The minimum Gasteiger partial charge on any atom is -0.486 e. The molecular weight excluding hydrogens is 252 g/mol. The maximum Gasteiger partial charge on any atom is 0.336 e. The van der Waals surface area contributed by atoms with Gasteiger partial charge in [-0.15, -0.1) is 0 Å². The first kappa shape index (κ1) is 13.0. The zero-order valence-electron chi connectivity index (χ0n) is 11.6. The molecule has 1 aliphatic carbocycles. The van der Waals surface area contributed by atoms with E-state index in [1.54, 1.807) is 0 Å². The highest BCUT2D eigenvalue weighted by Crippen LogP contribution is 2.36. The van der Waals surface area contributed by atoms with Crippen LogP contribution in [0.2, 0.25) is 0 Å². The molecule has 1 aromatic rings. The smallest absolute Gasteiger partial charge is 0.336 e. The second-order valence-corrected chi connectivity index (χ2v) is 5.31. The number of carboxylic acid groups (broad SMARTS) is 1. The molecule has 3 heteroatoms. The van der Waals surface area contributed by atoms with E-state index in [0.29, 0.717) is 5.57 Å². The maximum atomic E-state index is 11.5. The van der Waals surface area contributed by atoms with Crippen molar-refractivity contribution in [2.75, 3.05) is 0 Å². The Morgan fingerprint density at radius 2 is 2.20 bits per heavy atom. The summed E-state index contributed by atoms with van der Waals surface area (Å²) in [5.74, 6) is 0.0123. The molecule has 1 aromatic carbocycles. The highest BCUT2D eigenvalue weighted by Gasteiger charge is 2.22. The molecule has 0 amide bonds. The molecule has 1 N–H and O–H groups in total. The number of carboxylic acids is 1. The van der Waals surface area contributed by atoms with Crippen molar-refractivity contribution in [3.05, 3.63) is 41.0 Å². The van der Waals surface area contributed by atoms with Crippen molar-refractivity contribution in [2.45, 2.75) is 38.7 Å². The van der Waals surface area contributed by atoms with Gasteiger partial charge in [0.15, 0.2) is 0 Å². The molecule has 0 radical (unpaired) electrons. The molecule has 0 unspecified atom stereocenters. The summed E-state index contributed by atoms with van der Waals surface area (Å²) in [5, 5.41) is 9.44. The second-order valence-electron chi connectivity index (χ2n) is 5.31. The van der Waals surface area contributed by atoms with Gasteiger partial charge in [-0.05, 0) is 49.5 Å². The Kier molecular flexibility index (Phi) is 3.35. The van der Waals surface area contributed by atoms with Crippen LogP contribution >= 0.6 is 0 Å². The molecule has 1 saturated carbocycles. The Labute approximate surface area is 118 Å². The van der Waals surface area contributed by atoms with Gasteiger partial charge in [0.2, 0.25) is 0 Å². The van der Waals surface area contributed by atoms with E-state index in [0.717, 1.165) is 48.1 Å². The van der Waals surface area contributed by atoms with Crippen LogP contribution in [0.3, 0.4) is 0 Å². The molecule has 0 spiro atoms. The lowest BCUT2D eigenvalue weighted by atomic mass is 9.85. The summed E-state index contributed by atoms with van der Waals surface area (Å²) >= 11 is 0. The summed E-state index contributed by atoms with van der Waals surface area (Å²) in [5.41, 5.74) is 3.29. The minimum absolute atomic E-state index is 0.122. The zero-order valence-corrected chi connectivity index (χ0v) is 11.6. The predicted octanol–water partition coefficient (Wildman–Crippen LogP) is 3.89. The molecule has 0 aromatic heterocycles. The minimum atomic E-state index is -0.827. The summed E-state index contributed by atoms with van der Waals surface area (Å²) in [6.07, 6.45) is 8.02. The van der Waals surface area contributed by atoms with Gasteiger partial charge < -0.3 is 9.84 Å². The summed E-state index contributed by atoms with van der Waals surface area (Å²) < 4.78 is 5.83. The maximum absolute atomic E-state index is 11.5. The highest BCUT2D eigenvalue weighted by molar-refractivity contribution is 6.16. The standard InChI is InChI=1S/C17H18O3/c1-2-14-8-6-12-10-13(7-9-15(12)20-14)16(17(18)19)11-4-3-5-11/h6-10,14H,2-5H2,1H3,(H,18,19)/t14-/m1/s1. The zero-order chi connectivity index (χ0) is 14.1. The van der Waals surface area contributed by atoms with E-state index in [2.05, 4.69) is 6.92 Å². The Hall–Kier alpha value is -2.03. The van der Waals surface area contributed by atoms with Crippen LogP contribution < -0.4 is 4.74 Å². The quantitative estimate of drug-likeness (QED) is 0.847. The summed E-state index contributed by atoms with van der Waals surface area (Å²) in [7, 11) is 0. The summed E-state index contributed by atoms with van der Waals surface area (Å²) in [6.45, 7) is 2.08. The van der Waals surface area contributed by atoms with E-state index in [4.69, 9.17) is 4.74 Å². The third-order valence-electron chi connectivity index (χ3n) is 3.99.